The number of nitrogens with zero attached hydrogens (tertiary/aromatic N) is 3. The number of rotatable bonds is 23. The van der Waals surface area contributed by atoms with Gasteiger partial charge in [-0.3, -0.25) is 15.0 Å². The van der Waals surface area contributed by atoms with E-state index in [2.05, 4.69) is 49.6 Å². The van der Waals surface area contributed by atoms with Crippen LogP contribution in [0.1, 0.15) is 152 Å². The first-order valence-electron chi connectivity index (χ1n) is 23.1. The molecule has 350 valence electrons. The maximum Gasteiger partial charge on any atom is 0.514 e. The minimum atomic E-state index is -1.48. The molecule has 0 aliphatic carbocycles. The van der Waals surface area contributed by atoms with Crippen molar-refractivity contribution in [3.8, 4) is 11.5 Å². The Morgan fingerprint density at radius 2 is 1.14 bits per heavy atom. The zero-order valence-electron chi connectivity index (χ0n) is 39.4. The Balaban J connectivity index is 1.24. The molecule has 1 aliphatic heterocycles. The van der Waals surface area contributed by atoms with Crippen LogP contribution in [0.2, 0.25) is 0 Å². The van der Waals surface area contributed by atoms with Crippen LogP contribution in [-0.4, -0.2) is 70.0 Å². The van der Waals surface area contributed by atoms with Crippen molar-refractivity contribution < 1.29 is 47.6 Å². The lowest BCUT2D eigenvalue weighted by molar-refractivity contribution is -0.0759. The number of aromatic nitrogens is 3. The lowest BCUT2D eigenvalue weighted by atomic mass is 9.83. The van der Waals surface area contributed by atoms with Crippen molar-refractivity contribution >= 4 is 24.1 Å². The van der Waals surface area contributed by atoms with E-state index in [0.29, 0.717) is 11.7 Å². The Hall–Kier alpha value is -5.85. The highest BCUT2D eigenvalue weighted by atomic mass is 16.7. The van der Waals surface area contributed by atoms with Crippen LogP contribution in [0.5, 0.6) is 11.5 Å². The van der Waals surface area contributed by atoms with E-state index in [1.165, 1.54) is 100 Å². The summed E-state index contributed by atoms with van der Waals surface area (Å²) in [5.74, 6) is 0.946. The molecule has 13 heteroatoms. The molecular weight excluding hydrogens is 827 g/mol. The third-order valence-corrected chi connectivity index (χ3v) is 12.4. The van der Waals surface area contributed by atoms with Gasteiger partial charge in [0, 0.05) is 42.7 Å². The second-order valence-electron chi connectivity index (χ2n) is 18.3. The van der Waals surface area contributed by atoms with Crippen LogP contribution < -0.4 is 9.47 Å². The molecule has 0 spiro atoms. The van der Waals surface area contributed by atoms with E-state index in [0.717, 1.165) is 65.5 Å². The Kier molecular flexibility index (Phi) is 18.9. The van der Waals surface area contributed by atoms with Gasteiger partial charge in [0.2, 0.25) is 0 Å². The van der Waals surface area contributed by atoms with Crippen molar-refractivity contribution in [1.29, 1.82) is 0 Å². The van der Waals surface area contributed by atoms with E-state index in [9.17, 15) is 19.2 Å². The Bertz CT molecular complexity index is 2170. The molecule has 0 saturated heterocycles. The molecule has 5 unspecified atom stereocenters. The molecule has 5 rings (SSSR count). The first-order valence-corrected chi connectivity index (χ1v) is 23.1. The number of benzene rings is 1. The van der Waals surface area contributed by atoms with Crippen LogP contribution >= 0.6 is 0 Å². The molecule has 1 aromatic carbocycles. The number of carbonyl (C=O) groups is 4. The van der Waals surface area contributed by atoms with Gasteiger partial charge < -0.3 is 28.4 Å². The summed E-state index contributed by atoms with van der Waals surface area (Å²) in [7, 11) is 0. The molecule has 1 aliphatic rings. The fourth-order valence-corrected chi connectivity index (χ4v) is 8.21. The van der Waals surface area contributed by atoms with E-state index in [1.807, 2.05) is 20.8 Å². The third-order valence-electron chi connectivity index (χ3n) is 12.4. The maximum absolute atomic E-state index is 13.6. The van der Waals surface area contributed by atoms with Crippen molar-refractivity contribution in [3.05, 3.63) is 113 Å². The highest BCUT2D eigenvalue weighted by molar-refractivity contribution is 5.90. The van der Waals surface area contributed by atoms with Gasteiger partial charge in [-0.25, -0.2) is 19.2 Å². The molecule has 65 heavy (non-hydrogen) atoms. The molecule has 0 fully saturated rings. The summed E-state index contributed by atoms with van der Waals surface area (Å²) in [5.41, 5.74) is 3.32. The van der Waals surface area contributed by atoms with Crippen LogP contribution in [0.15, 0.2) is 73.6 Å². The number of ether oxygens (including phenoxy) is 6. The lowest BCUT2D eigenvalue weighted by Gasteiger charge is -2.38. The van der Waals surface area contributed by atoms with E-state index in [1.54, 1.807) is 18.2 Å². The number of pyridine rings is 3. The van der Waals surface area contributed by atoms with E-state index < -0.39 is 49.5 Å². The molecule has 0 radical (unpaired) electrons. The van der Waals surface area contributed by atoms with Crippen LogP contribution in [-0.2, 0) is 25.4 Å². The molecular formula is C52H67N3O10. The SMILES string of the molecule is Cc1c(C)c2c(c(C)c1OC(=O)OCC(OC(=O)c1cccnc1)C(COC(=O)c1cccnc1)OC(=O)c1cccnc1)CCC(C)(CCCC(C)CCCC(C)CCCC(C)C)O2. The van der Waals surface area contributed by atoms with Crippen molar-refractivity contribution in [2.24, 2.45) is 17.8 Å². The smallest absolute Gasteiger partial charge is 0.487 e. The van der Waals surface area contributed by atoms with E-state index >= 15 is 0 Å². The largest absolute Gasteiger partial charge is 0.514 e. The lowest BCUT2D eigenvalue weighted by Crippen LogP contribution is -2.43. The van der Waals surface area contributed by atoms with Crippen molar-refractivity contribution in [1.82, 2.24) is 15.0 Å². The van der Waals surface area contributed by atoms with Crippen LogP contribution in [0.4, 0.5) is 4.79 Å². The molecule has 0 amide bonds. The Morgan fingerprint density at radius 3 is 1.65 bits per heavy atom. The van der Waals surface area contributed by atoms with E-state index in [-0.39, 0.29) is 22.3 Å². The molecule has 0 N–H and O–H groups in total. The summed E-state index contributed by atoms with van der Waals surface area (Å²) in [6, 6.07) is 9.12. The van der Waals surface area contributed by atoms with Crippen LogP contribution in [0.25, 0.3) is 0 Å². The second-order valence-corrected chi connectivity index (χ2v) is 18.3. The van der Waals surface area contributed by atoms with Crippen LogP contribution in [0, 0.1) is 38.5 Å². The van der Waals surface area contributed by atoms with Gasteiger partial charge >= 0.3 is 24.1 Å². The highest BCUT2D eigenvalue weighted by Crippen LogP contribution is 2.45. The van der Waals surface area contributed by atoms with Gasteiger partial charge in [-0.1, -0.05) is 72.6 Å². The van der Waals surface area contributed by atoms with Gasteiger partial charge in [-0.05, 0) is 124 Å². The minimum Gasteiger partial charge on any atom is -0.487 e. The minimum absolute atomic E-state index is 0.0803. The average molecular weight is 894 g/mol. The zero-order chi connectivity index (χ0) is 46.9. The van der Waals surface area contributed by atoms with Gasteiger partial charge in [0.15, 0.2) is 12.2 Å². The summed E-state index contributed by atoms with van der Waals surface area (Å²) in [6.07, 6.45) is 17.0. The maximum atomic E-state index is 13.6. The predicted molar refractivity (Wildman–Crippen MR) is 246 cm³/mol. The van der Waals surface area contributed by atoms with Gasteiger partial charge in [0.1, 0.15) is 30.3 Å². The quantitative estimate of drug-likeness (QED) is 0.0393. The van der Waals surface area contributed by atoms with Gasteiger partial charge in [-0.15, -0.1) is 0 Å². The zero-order valence-corrected chi connectivity index (χ0v) is 39.4. The molecule has 13 nitrogen and oxygen atoms in total. The molecule has 0 saturated carbocycles. The van der Waals surface area contributed by atoms with Gasteiger partial charge in [-0.2, -0.15) is 0 Å². The van der Waals surface area contributed by atoms with Gasteiger partial charge in [0.05, 0.1) is 16.7 Å². The average Bonchev–Trinajstić information content (AvgIpc) is 3.30. The normalized spacial score (nSPS) is 16.3. The van der Waals surface area contributed by atoms with Crippen molar-refractivity contribution in [3.63, 3.8) is 0 Å². The summed E-state index contributed by atoms with van der Waals surface area (Å²) in [4.78, 5) is 65.2. The van der Waals surface area contributed by atoms with E-state index in [4.69, 9.17) is 28.4 Å². The molecule has 5 atom stereocenters. The second kappa shape index (κ2) is 24.4. The Labute approximate surface area is 384 Å². The summed E-state index contributed by atoms with van der Waals surface area (Å²) in [5, 5.41) is 0. The summed E-state index contributed by atoms with van der Waals surface area (Å²) < 4.78 is 35.4. The summed E-state index contributed by atoms with van der Waals surface area (Å²) >= 11 is 0. The summed E-state index contributed by atoms with van der Waals surface area (Å²) in [6.45, 7) is 16.1. The van der Waals surface area contributed by atoms with Crippen molar-refractivity contribution in [2.45, 2.75) is 144 Å². The third kappa shape index (κ3) is 15.1. The standard InChI is InChI=1S/C52H67N3O10/c1-34(2)15-9-16-35(3)17-10-18-36(4)19-11-24-52(8)25-23-43-39(7)46(37(5)38(6)47(43)65-52)64-51(59)61-33-45(63-50(58)42-22-14-28-55-31-42)44(62-49(57)41-21-13-27-54-30-41)32-60-48(56)40-20-12-26-53-29-40/h12-14,20-22,26-31,34-36,44-45H,9-11,15-19,23-25,32-33H2,1-8H3. The van der Waals surface area contributed by atoms with Crippen LogP contribution in [0.3, 0.4) is 0 Å². The monoisotopic (exact) mass is 893 g/mol. The highest BCUT2D eigenvalue weighted by Gasteiger charge is 2.36. The molecule has 4 heterocycles. The number of carbonyl (C=O) groups excluding carboxylic acids is 4. The topological polar surface area (TPSA) is 162 Å². The number of fused-ring (bicyclic) bond motifs is 1. The fourth-order valence-electron chi connectivity index (χ4n) is 8.21. The predicted octanol–water partition coefficient (Wildman–Crippen LogP) is 11.1. The molecule has 4 aromatic rings. The number of hydrogen-bond donors (Lipinski definition) is 0. The first-order chi connectivity index (χ1) is 31.1. The first kappa shape index (κ1) is 50.2. The molecule has 3 aromatic heterocycles. The number of hydrogen-bond acceptors (Lipinski definition) is 13. The Morgan fingerprint density at radius 1 is 0.646 bits per heavy atom. The molecule has 0 bridgehead atoms. The van der Waals surface area contributed by atoms with Crippen molar-refractivity contribution in [2.75, 3.05) is 13.2 Å². The van der Waals surface area contributed by atoms with Gasteiger partial charge in [0.25, 0.3) is 0 Å². The number of esters is 3. The fraction of sp³-hybridized carbons (Fsp3) is 0.519.